The molecule has 0 saturated carbocycles. The Morgan fingerprint density at radius 3 is 2.95 bits per heavy atom. The van der Waals surface area contributed by atoms with E-state index in [1.807, 2.05) is 30.3 Å². The lowest BCUT2D eigenvalue weighted by atomic mass is 10.1. The minimum Gasteiger partial charge on any atom is -0.388 e. The van der Waals surface area contributed by atoms with Crippen molar-refractivity contribution in [2.75, 3.05) is 26.2 Å². The van der Waals surface area contributed by atoms with Gasteiger partial charge in [0.15, 0.2) is 0 Å². The first-order chi connectivity index (χ1) is 9.27. The molecule has 1 aliphatic rings. The fourth-order valence-electron chi connectivity index (χ4n) is 2.02. The van der Waals surface area contributed by atoms with E-state index >= 15 is 0 Å². The number of rotatable bonds is 5. The molecule has 104 valence electrons. The zero-order valence-electron chi connectivity index (χ0n) is 10.8. The van der Waals surface area contributed by atoms with Crippen molar-refractivity contribution in [3.05, 3.63) is 35.9 Å². The van der Waals surface area contributed by atoms with Gasteiger partial charge >= 0.3 is 0 Å². The Balaban J connectivity index is 1.69. The van der Waals surface area contributed by atoms with Crippen molar-refractivity contribution >= 4 is 5.91 Å². The van der Waals surface area contributed by atoms with Gasteiger partial charge in [-0.3, -0.25) is 4.79 Å². The maximum absolute atomic E-state index is 11.8. The summed E-state index contributed by atoms with van der Waals surface area (Å²) >= 11 is 0. The number of aliphatic hydroxyl groups excluding tert-OH is 1. The van der Waals surface area contributed by atoms with Gasteiger partial charge in [-0.15, -0.1) is 0 Å². The van der Waals surface area contributed by atoms with Gasteiger partial charge in [-0.2, -0.15) is 0 Å². The third kappa shape index (κ3) is 4.31. The monoisotopic (exact) mass is 264 g/mol. The van der Waals surface area contributed by atoms with E-state index < -0.39 is 12.2 Å². The molecule has 2 rings (SSSR count). The number of hydrogen-bond acceptors (Lipinski definition) is 4. The van der Waals surface area contributed by atoms with Gasteiger partial charge < -0.3 is 20.5 Å². The summed E-state index contributed by atoms with van der Waals surface area (Å²) < 4.78 is 5.34. The van der Waals surface area contributed by atoms with Gasteiger partial charge in [0.2, 0.25) is 5.91 Å². The Kier molecular flexibility index (Phi) is 5.32. The molecule has 0 aliphatic carbocycles. The van der Waals surface area contributed by atoms with E-state index in [0.29, 0.717) is 26.1 Å². The summed E-state index contributed by atoms with van der Waals surface area (Å²) in [5.41, 5.74) is 0.868. The summed E-state index contributed by atoms with van der Waals surface area (Å²) in [5, 5.41) is 15.8. The van der Waals surface area contributed by atoms with Gasteiger partial charge in [0.1, 0.15) is 6.10 Å². The highest BCUT2D eigenvalue weighted by Gasteiger charge is 2.21. The Morgan fingerprint density at radius 2 is 2.26 bits per heavy atom. The van der Waals surface area contributed by atoms with E-state index in [1.165, 1.54) is 0 Å². The largest absolute Gasteiger partial charge is 0.388 e. The molecule has 5 nitrogen and oxygen atoms in total. The third-order valence-electron chi connectivity index (χ3n) is 3.12. The first-order valence-corrected chi connectivity index (χ1v) is 6.60. The summed E-state index contributed by atoms with van der Waals surface area (Å²) in [5.74, 6) is -0.118. The molecule has 2 unspecified atom stereocenters. The summed E-state index contributed by atoms with van der Waals surface area (Å²) in [6.45, 7) is 2.34. The zero-order chi connectivity index (χ0) is 13.5. The highest BCUT2D eigenvalue weighted by atomic mass is 16.5. The van der Waals surface area contributed by atoms with E-state index in [2.05, 4.69) is 10.6 Å². The van der Waals surface area contributed by atoms with Gasteiger partial charge in [-0.1, -0.05) is 30.3 Å². The van der Waals surface area contributed by atoms with Crippen molar-refractivity contribution in [2.24, 2.45) is 0 Å². The second-order valence-electron chi connectivity index (χ2n) is 4.57. The molecule has 1 aromatic rings. The molecular weight excluding hydrogens is 244 g/mol. The maximum Gasteiger partial charge on any atom is 0.250 e. The number of carbonyl (C=O) groups excluding carboxylic acids is 1. The number of carbonyl (C=O) groups is 1. The Bertz CT molecular complexity index is 391. The number of nitrogens with one attached hydrogen (secondary N) is 2. The van der Waals surface area contributed by atoms with Crippen LogP contribution in [0.3, 0.4) is 0 Å². The molecule has 5 heteroatoms. The molecular formula is C14H20N2O3. The van der Waals surface area contributed by atoms with Crippen LogP contribution in [0.4, 0.5) is 0 Å². The molecule has 19 heavy (non-hydrogen) atoms. The highest BCUT2D eigenvalue weighted by molar-refractivity contribution is 5.81. The molecule has 0 bridgehead atoms. The molecule has 1 fully saturated rings. The van der Waals surface area contributed by atoms with Crippen LogP contribution in [0, 0.1) is 0 Å². The van der Waals surface area contributed by atoms with E-state index in [1.54, 1.807) is 0 Å². The van der Waals surface area contributed by atoms with Crippen molar-refractivity contribution in [1.82, 2.24) is 10.6 Å². The fourth-order valence-corrected chi connectivity index (χ4v) is 2.02. The summed E-state index contributed by atoms with van der Waals surface area (Å²) in [4.78, 5) is 11.8. The van der Waals surface area contributed by atoms with Gasteiger partial charge in [-0.25, -0.2) is 0 Å². The minimum absolute atomic E-state index is 0.118. The predicted octanol–water partition coefficient (Wildman–Crippen LogP) is 0.215. The number of amides is 1. The highest BCUT2D eigenvalue weighted by Crippen LogP contribution is 2.14. The average molecular weight is 264 g/mol. The van der Waals surface area contributed by atoms with E-state index in [0.717, 1.165) is 12.1 Å². The quantitative estimate of drug-likeness (QED) is 0.711. The van der Waals surface area contributed by atoms with Crippen LogP contribution in [0.2, 0.25) is 0 Å². The molecule has 3 N–H and O–H groups in total. The molecule has 0 radical (unpaired) electrons. The summed E-state index contributed by atoms with van der Waals surface area (Å²) in [7, 11) is 0. The molecule has 0 spiro atoms. The second-order valence-corrected chi connectivity index (χ2v) is 4.57. The second kappa shape index (κ2) is 7.23. The maximum atomic E-state index is 11.8. The molecule has 1 aromatic carbocycles. The summed E-state index contributed by atoms with van der Waals surface area (Å²) in [6, 6.07) is 9.43. The topological polar surface area (TPSA) is 70.6 Å². The predicted molar refractivity (Wildman–Crippen MR) is 71.6 cm³/mol. The number of aliphatic hydroxyl groups is 1. The lowest BCUT2D eigenvalue weighted by molar-refractivity contribution is -0.134. The van der Waals surface area contributed by atoms with Crippen molar-refractivity contribution in [1.29, 1.82) is 0 Å². The van der Waals surface area contributed by atoms with Crippen molar-refractivity contribution in [3.8, 4) is 0 Å². The van der Waals surface area contributed by atoms with Gasteiger partial charge in [0.25, 0.3) is 0 Å². The third-order valence-corrected chi connectivity index (χ3v) is 3.12. The number of morpholine rings is 1. The van der Waals surface area contributed by atoms with Crippen molar-refractivity contribution in [2.45, 2.75) is 18.6 Å². The fraction of sp³-hybridized carbons (Fsp3) is 0.500. The standard InChI is InChI=1S/C14H20N2O3/c17-12(11-4-2-1-3-5-11)6-7-16-14(18)13-10-15-8-9-19-13/h1-5,12-13,15,17H,6-10H2,(H,16,18). The van der Waals surface area contributed by atoms with Crippen LogP contribution in [-0.4, -0.2) is 43.4 Å². The van der Waals surface area contributed by atoms with Crippen LogP contribution in [-0.2, 0) is 9.53 Å². The first kappa shape index (κ1) is 14.0. The van der Waals surface area contributed by atoms with Crippen LogP contribution in [0.1, 0.15) is 18.1 Å². The smallest absolute Gasteiger partial charge is 0.250 e. The first-order valence-electron chi connectivity index (χ1n) is 6.60. The number of ether oxygens (including phenoxy) is 1. The number of benzene rings is 1. The zero-order valence-corrected chi connectivity index (χ0v) is 10.8. The van der Waals surface area contributed by atoms with Crippen LogP contribution in [0.25, 0.3) is 0 Å². The van der Waals surface area contributed by atoms with Gasteiger partial charge in [0.05, 0.1) is 12.7 Å². The Morgan fingerprint density at radius 1 is 1.47 bits per heavy atom. The van der Waals surface area contributed by atoms with Crippen LogP contribution < -0.4 is 10.6 Å². The SMILES string of the molecule is O=C(NCCC(O)c1ccccc1)C1CNCCO1. The van der Waals surface area contributed by atoms with Crippen LogP contribution >= 0.6 is 0 Å². The van der Waals surface area contributed by atoms with E-state index in [-0.39, 0.29) is 5.91 Å². The van der Waals surface area contributed by atoms with E-state index in [4.69, 9.17) is 4.74 Å². The molecule has 1 heterocycles. The normalized spacial score (nSPS) is 20.8. The van der Waals surface area contributed by atoms with Crippen molar-refractivity contribution < 1.29 is 14.6 Å². The van der Waals surface area contributed by atoms with Crippen molar-refractivity contribution in [3.63, 3.8) is 0 Å². The molecule has 1 amide bonds. The lowest BCUT2D eigenvalue weighted by Crippen LogP contribution is -2.48. The Labute approximate surface area is 113 Å². The molecule has 1 aliphatic heterocycles. The van der Waals surface area contributed by atoms with Crippen LogP contribution in [0.5, 0.6) is 0 Å². The number of hydrogen-bond donors (Lipinski definition) is 3. The molecule has 0 aromatic heterocycles. The minimum atomic E-state index is -0.549. The average Bonchev–Trinajstić information content (AvgIpc) is 2.49. The van der Waals surface area contributed by atoms with E-state index in [9.17, 15) is 9.90 Å². The molecule has 1 saturated heterocycles. The van der Waals surface area contributed by atoms with Gasteiger partial charge in [0, 0.05) is 19.6 Å². The Hall–Kier alpha value is -1.43. The molecule has 2 atom stereocenters. The van der Waals surface area contributed by atoms with Gasteiger partial charge in [-0.05, 0) is 12.0 Å². The van der Waals surface area contributed by atoms with Crippen LogP contribution in [0.15, 0.2) is 30.3 Å². The summed E-state index contributed by atoms with van der Waals surface area (Å²) in [6.07, 6.45) is -0.467. The lowest BCUT2D eigenvalue weighted by Gasteiger charge is -2.23.